The Morgan fingerprint density at radius 1 is 1.23 bits per heavy atom. The molecule has 0 spiro atoms. The lowest BCUT2D eigenvalue weighted by molar-refractivity contribution is -0.121. The van der Waals surface area contributed by atoms with Gasteiger partial charge < -0.3 is 5.32 Å². The number of nitrogens with one attached hydrogen (secondary N) is 1. The fourth-order valence-electron chi connectivity index (χ4n) is 2.52. The monoisotopic (exact) mass is 325 g/mol. The molecule has 0 aromatic heterocycles. The zero-order valence-corrected chi connectivity index (χ0v) is 13.8. The highest BCUT2D eigenvalue weighted by Crippen LogP contribution is 2.15. The largest absolute Gasteiger partial charge is 0.353 e. The van der Waals surface area contributed by atoms with Crippen LogP contribution < -0.4 is 5.32 Å². The number of hydrogen-bond acceptors (Lipinski definition) is 3. The second-order valence-electron chi connectivity index (χ2n) is 5.69. The minimum Gasteiger partial charge on any atom is -0.353 e. The zero-order chi connectivity index (χ0) is 16.2. The Labute approximate surface area is 132 Å². The first kappa shape index (κ1) is 16.9. The van der Waals surface area contributed by atoms with Crippen molar-refractivity contribution in [2.45, 2.75) is 25.3 Å². The summed E-state index contributed by atoms with van der Waals surface area (Å²) in [6.45, 7) is 0.883. The van der Waals surface area contributed by atoms with Crippen LogP contribution in [0.15, 0.2) is 30.3 Å². The molecule has 2 rings (SSSR count). The molecule has 0 aliphatic carbocycles. The van der Waals surface area contributed by atoms with Crippen molar-refractivity contribution in [2.24, 2.45) is 0 Å². The van der Waals surface area contributed by atoms with Crippen molar-refractivity contribution in [3.63, 3.8) is 0 Å². The summed E-state index contributed by atoms with van der Waals surface area (Å²) in [5.41, 5.74) is 0.979. The Bertz CT molecular complexity index is 594. The van der Waals surface area contributed by atoms with Crippen LogP contribution in [-0.2, 0) is 21.4 Å². The van der Waals surface area contributed by atoms with Gasteiger partial charge >= 0.3 is 0 Å². The molecule has 1 aromatic carbocycles. The van der Waals surface area contributed by atoms with Crippen molar-refractivity contribution >= 4 is 16.1 Å². The van der Waals surface area contributed by atoms with E-state index in [1.54, 1.807) is 0 Å². The van der Waals surface area contributed by atoms with Crippen LogP contribution in [0.4, 0.5) is 0 Å². The maximum Gasteiger partial charge on any atom is 0.281 e. The lowest BCUT2D eigenvalue weighted by Crippen LogP contribution is -2.49. The number of benzene rings is 1. The average Bonchev–Trinajstić information content (AvgIpc) is 2.48. The Balaban J connectivity index is 1.81. The molecule has 6 nitrogen and oxygen atoms in total. The Hall–Kier alpha value is -1.44. The van der Waals surface area contributed by atoms with E-state index in [4.69, 9.17) is 0 Å². The van der Waals surface area contributed by atoms with Gasteiger partial charge in [0.25, 0.3) is 10.2 Å². The number of hydrogen-bond donors (Lipinski definition) is 1. The van der Waals surface area contributed by atoms with Gasteiger partial charge in [-0.15, -0.1) is 0 Å². The summed E-state index contributed by atoms with van der Waals surface area (Å²) in [5.74, 6) is -0.0138. The molecule has 1 fully saturated rings. The van der Waals surface area contributed by atoms with Gasteiger partial charge in [0, 0.05) is 33.2 Å². The molecule has 0 saturated carbocycles. The third-order valence-corrected chi connectivity index (χ3v) is 5.75. The van der Waals surface area contributed by atoms with Crippen LogP contribution in [0.25, 0.3) is 0 Å². The minimum absolute atomic E-state index is 0.0138. The second-order valence-corrected chi connectivity index (χ2v) is 7.84. The van der Waals surface area contributed by atoms with Gasteiger partial charge in [-0.1, -0.05) is 30.3 Å². The number of piperidine rings is 1. The van der Waals surface area contributed by atoms with E-state index in [0.29, 0.717) is 32.4 Å². The van der Waals surface area contributed by atoms with E-state index in [2.05, 4.69) is 5.32 Å². The quantitative estimate of drug-likeness (QED) is 0.863. The first-order valence-electron chi connectivity index (χ1n) is 7.40. The number of carbonyl (C=O) groups is 1. The Morgan fingerprint density at radius 2 is 1.82 bits per heavy atom. The van der Waals surface area contributed by atoms with Gasteiger partial charge in [-0.3, -0.25) is 4.79 Å². The highest BCUT2D eigenvalue weighted by Gasteiger charge is 2.29. The number of nitrogens with zero attached hydrogens (tertiary/aromatic N) is 2. The van der Waals surface area contributed by atoms with Crippen LogP contribution in [0.1, 0.15) is 18.4 Å². The van der Waals surface area contributed by atoms with E-state index < -0.39 is 10.2 Å². The van der Waals surface area contributed by atoms with Crippen LogP contribution in [0.5, 0.6) is 0 Å². The fourth-order valence-corrected chi connectivity index (χ4v) is 3.66. The van der Waals surface area contributed by atoms with E-state index in [-0.39, 0.29) is 11.9 Å². The molecule has 1 saturated heterocycles. The third-order valence-electron chi connectivity index (χ3n) is 3.81. The summed E-state index contributed by atoms with van der Waals surface area (Å²) in [4.78, 5) is 12.0. The molecule has 0 radical (unpaired) electrons. The van der Waals surface area contributed by atoms with Gasteiger partial charge in [0.05, 0.1) is 6.42 Å². The van der Waals surface area contributed by atoms with Crippen molar-refractivity contribution in [2.75, 3.05) is 27.2 Å². The molecule has 1 amide bonds. The van der Waals surface area contributed by atoms with Crippen LogP contribution in [-0.4, -0.2) is 56.2 Å². The molecule has 0 atom stereocenters. The molecule has 1 aliphatic heterocycles. The summed E-state index contributed by atoms with van der Waals surface area (Å²) in [7, 11) is -0.285. The maximum absolute atomic E-state index is 12.0. The highest BCUT2D eigenvalue weighted by atomic mass is 32.2. The van der Waals surface area contributed by atoms with Gasteiger partial charge in [-0.25, -0.2) is 0 Å². The number of carbonyl (C=O) groups excluding carboxylic acids is 1. The van der Waals surface area contributed by atoms with E-state index in [1.807, 2.05) is 30.3 Å². The van der Waals surface area contributed by atoms with Crippen molar-refractivity contribution < 1.29 is 13.2 Å². The second kappa shape index (κ2) is 7.21. The lowest BCUT2D eigenvalue weighted by atomic mass is 10.1. The molecule has 1 aromatic rings. The van der Waals surface area contributed by atoms with Crippen molar-refractivity contribution in [1.29, 1.82) is 0 Å². The number of amides is 1. The highest BCUT2D eigenvalue weighted by molar-refractivity contribution is 7.86. The Morgan fingerprint density at radius 3 is 2.36 bits per heavy atom. The van der Waals surface area contributed by atoms with Crippen molar-refractivity contribution in [1.82, 2.24) is 13.9 Å². The van der Waals surface area contributed by atoms with Crippen molar-refractivity contribution in [3.8, 4) is 0 Å². The molecule has 1 N–H and O–H groups in total. The third kappa shape index (κ3) is 4.28. The smallest absolute Gasteiger partial charge is 0.281 e. The Kier molecular flexibility index (Phi) is 5.55. The van der Waals surface area contributed by atoms with E-state index in [1.165, 1.54) is 22.7 Å². The van der Waals surface area contributed by atoms with Crippen molar-refractivity contribution in [3.05, 3.63) is 35.9 Å². The molecule has 122 valence electrons. The van der Waals surface area contributed by atoms with Gasteiger partial charge in [-0.2, -0.15) is 17.0 Å². The molecule has 7 heteroatoms. The van der Waals surface area contributed by atoms with Gasteiger partial charge in [-0.05, 0) is 18.4 Å². The summed E-state index contributed by atoms with van der Waals surface area (Å²) >= 11 is 0. The molecular formula is C15H23N3O3S. The fraction of sp³-hybridized carbons (Fsp3) is 0.533. The van der Waals surface area contributed by atoms with Gasteiger partial charge in [0.1, 0.15) is 0 Å². The maximum atomic E-state index is 12.0. The molecular weight excluding hydrogens is 302 g/mol. The molecule has 22 heavy (non-hydrogen) atoms. The SMILES string of the molecule is CN(C)S(=O)(=O)N1CCC(NC(=O)Cc2ccccc2)CC1. The molecule has 0 bridgehead atoms. The average molecular weight is 325 g/mol. The lowest BCUT2D eigenvalue weighted by Gasteiger charge is -2.33. The predicted octanol–water partition coefficient (Wildman–Crippen LogP) is 0.616. The predicted molar refractivity (Wildman–Crippen MR) is 85.5 cm³/mol. The van der Waals surface area contributed by atoms with Crippen LogP contribution >= 0.6 is 0 Å². The normalized spacial score (nSPS) is 17.6. The minimum atomic E-state index is -3.35. The van der Waals surface area contributed by atoms with E-state index in [0.717, 1.165) is 5.56 Å². The van der Waals surface area contributed by atoms with Gasteiger partial charge in [0.15, 0.2) is 0 Å². The van der Waals surface area contributed by atoms with Crippen LogP contribution in [0.2, 0.25) is 0 Å². The van der Waals surface area contributed by atoms with E-state index in [9.17, 15) is 13.2 Å². The zero-order valence-electron chi connectivity index (χ0n) is 13.0. The van der Waals surface area contributed by atoms with Crippen LogP contribution in [0.3, 0.4) is 0 Å². The summed E-state index contributed by atoms with van der Waals surface area (Å²) in [5, 5.41) is 2.99. The molecule has 1 heterocycles. The van der Waals surface area contributed by atoms with Gasteiger partial charge in [0.2, 0.25) is 5.91 Å². The summed E-state index contributed by atoms with van der Waals surface area (Å²) in [6.07, 6.45) is 1.65. The van der Waals surface area contributed by atoms with E-state index >= 15 is 0 Å². The standard InChI is InChI=1S/C15H23N3O3S/c1-17(2)22(20,21)18-10-8-14(9-11-18)16-15(19)12-13-6-4-3-5-7-13/h3-7,14H,8-12H2,1-2H3,(H,16,19). The molecule has 0 unspecified atom stereocenters. The summed E-state index contributed by atoms with van der Waals surface area (Å²) < 4.78 is 26.7. The topological polar surface area (TPSA) is 69.7 Å². The first-order valence-corrected chi connectivity index (χ1v) is 8.80. The number of rotatable bonds is 5. The first-order chi connectivity index (χ1) is 10.4. The van der Waals surface area contributed by atoms with Crippen LogP contribution in [0, 0.1) is 0 Å². The molecule has 1 aliphatic rings. The summed E-state index contributed by atoms with van der Waals surface area (Å²) in [6, 6.07) is 9.63.